The molecule has 0 radical (unpaired) electrons. The third-order valence-corrected chi connectivity index (χ3v) is 1.46. The van der Waals surface area contributed by atoms with E-state index in [9.17, 15) is 18.4 Å². The number of hydrogen-bond acceptors (Lipinski definition) is 8. The Hall–Kier alpha value is -0.970. The number of hydrogen-bond donors (Lipinski definition) is 1. The summed E-state index contributed by atoms with van der Waals surface area (Å²) in [5.74, 6) is -3.03. The normalized spacial score (nSPS) is 10.9. The Morgan fingerprint density at radius 3 is 2.53 bits per heavy atom. The van der Waals surface area contributed by atoms with Gasteiger partial charge in [-0.2, -0.15) is 8.78 Å². The van der Waals surface area contributed by atoms with Crippen molar-refractivity contribution in [2.75, 3.05) is 13.7 Å². The van der Waals surface area contributed by atoms with Crippen LogP contribution in [0.5, 0.6) is 0 Å². The molecular formula is C5H6F2O7S. The number of rotatable bonds is 6. The Balaban J connectivity index is 4.01. The Labute approximate surface area is 86.3 Å². The van der Waals surface area contributed by atoms with E-state index in [4.69, 9.17) is 5.26 Å². The number of carbonyl (C=O) groups is 2. The molecule has 0 aliphatic carbocycles. The molecule has 0 aromatic carbocycles. The van der Waals surface area contributed by atoms with Crippen LogP contribution >= 0.6 is 12.0 Å². The molecule has 0 amide bonds. The van der Waals surface area contributed by atoms with Crippen LogP contribution in [-0.2, 0) is 28.4 Å². The van der Waals surface area contributed by atoms with E-state index >= 15 is 0 Å². The minimum atomic E-state index is -4.11. The van der Waals surface area contributed by atoms with E-state index in [0.717, 1.165) is 7.11 Å². The highest BCUT2D eigenvalue weighted by Crippen LogP contribution is 2.31. The fourth-order valence-corrected chi connectivity index (χ4v) is 0.602. The third kappa shape index (κ3) is 5.47. The highest BCUT2D eigenvalue weighted by molar-refractivity contribution is 7.96. The van der Waals surface area contributed by atoms with Gasteiger partial charge in [-0.3, -0.25) is 0 Å². The molecule has 1 N–H and O–H groups in total. The van der Waals surface area contributed by atoms with Gasteiger partial charge < -0.3 is 9.47 Å². The van der Waals surface area contributed by atoms with Crippen LogP contribution in [-0.4, -0.2) is 36.2 Å². The van der Waals surface area contributed by atoms with E-state index in [2.05, 4.69) is 18.8 Å². The zero-order valence-electron chi connectivity index (χ0n) is 7.27. The number of carbonyl (C=O) groups excluding carboxylic acids is 2. The van der Waals surface area contributed by atoms with Gasteiger partial charge in [0.05, 0.1) is 7.11 Å². The molecular weight excluding hydrogens is 242 g/mol. The van der Waals surface area contributed by atoms with Gasteiger partial charge in [-0.05, 0) is 0 Å². The van der Waals surface area contributed by atoms with Crippen LogP contribution in [0.4, 0.5) is 8.78 Å². The lowest BCUT2D eigenvalue weighted by Gasteiger charge is -2.11. The fraction of sp³-hybridized carbons (Fsp3) is 0.600. The van der Waals surface area contributed by atoms with E-state index in [0.29, 0.717) is 0 Å². The molecule has 0 rings (SSSR count). The van der Waals surface area contributed by atoms with Crippen LogP contribution in [0.15, 0.2) is 0 Å². The van der Waals surface area contributed by atoms with Crippen LogP contribution < -0.4 is 0 Å². The minimum absolute atomic E-state index is 0.786. The summed E-state index contributed by atoms with van der Waals surface area (Å²) in [6.07, 6.45) is 0. The van der Waals surface area contributed by atoms with Crippen LogP contribution in [0.3, 0.4) is 0 Å². The maximum absolute atomic E-state index is 12.6. The van der Waals surface area contributed by atoms with Crippen molar-refractivity contribution in [2.45, 2.75) is 5.25 Å². The van der Waals surface area contributed by atoms with Crippen LogP contribution in [0.25, 0.3) is 0 Å². The van der Waals surface area contributed by atoms with Crippen molar-refractivity contribution >= 4 is 24.0 Å². The van der Waals surface area contributed by atoms with Gasteiger partial charge in [0.25, 0.3) is 0 Å². The Bertz CT molecular complexity index is 233. The highest BCUT2D eigenvalue weighted by atomic mass is 32.2. The summed E-state index contributed by atoms with van der Waals surface area (Å²) in [7, 11) is 0.992. The summed E-state index contributed by atoms with van der Waals surface area (Å²) >= 11 is -0.786. The van der Waals surface area contributed by atoms with Crippen molar-refractivity contribution < 1.29 is 42.5 Å². The molecule has 0 saturated carbocycles. The zero-order chi connectivity index (χ0) is 11.9. The average Bonchev–Trinajstić information content (AvgIpc) is 2.22. The van der Waals surface area contributed by atoms with Crippen molar-refractivity contribution in [3.8, 4) is 0 Å². The smallest absolute Gasteiger partial charge is 0.415 e. The summed E-state index contributed by atoms with van der Waals surface area (Å²) in [6, 6.07) is 0. The lowest BCUT2D eigenvalue weighted by atomic mass is 10.6. The summed E-state index contributed by atoms with van der Waals surface area (Å²) < 4.78 is 36.4. The van der Waals surface area contributed by atoms with Crippen molar-refractivity contribution in [3.63, 3.8) is 0 Å². The van der Waals surface area contributed by atoms with Gasteiger partial charge in [0.1, 0.15) is 12.0 Å². The van der Waals surface area contributed by atoms with E-state index < -0.39 is 35.8 Å². The first-order chi connectivity index (χ1) is 6.94. The minimum Gasteiger partial charge on any atom is -0.466 e. The van der Waals surface area contributed by atoms with Gasteiger partial charge in [-0.25, -0.2) is 14.8 Å². The van der Waals surface area contributed by atoms with Gasteiger partial charge in [-0.15, -0.1) is 4.33 Å². The molecule has 0 unspecified atom stereocenters. The number of methoxy groups -OCH3 is 1. The Kier molecular flexibility index (Phi) is 6.08. The highest BCUT2D eigenvalue weighted by Gasteiger charge is 2.44. The average molecular weight is 248 g/mol. The summed E-state index contributed by atoms with van der Waals surface area (Å²) in [4.78, 5) is 21.0. The molecule has 88 valence electrons. The Morgan fingerprint density at radius 1 is 1.47 bits per heavy atom. The number of ether oxygens (including phenoxy) is 2. The second-order valence-electron chi connectivity index (χ2n) is 1.89. The van der Waals surface area contributed by atoms with Gasteiger partial charge in [0, 0.05) is 0 Å². The molecule has 10 heteroatoms. The first-order valence-corrected chi connectivity index (χ1v) is 3.96. The molecule has 15 heavy (non-hydrogen) atoms. The van der Waals surface area contributed by atoms with Crippen LogP contribution in [0, 0.1) is 0 Å². The fourth-order valence-electron chi connectivity index (χ4n) is 0.359. The molecule has 7 nitrogen and oxygen atoms in total. The molecule has 0 saturated heterocycles. The first-order valence-electron chi connectivity index (χ1n) is 3.21. The number of halogens is 2. The summed E-state index contributed by atoms with van der Waals surface area (Å²) in [5, 5.41) is 6.31. The number of esters is 2. The molecule has 0 atom stereocenters. The number of alkyl halides is 2. The quantitative estimate of drug-likeness (QED) is 0.312. The van der Waals surface area contributed by atoms with E-state index in [-0.39, 0.29) is 0 Å². The Morgan fingerprint density at radius 2 is 2.07 bits per heavy atom. The molecule has 0 aromatic heterocycles. The first kappa shape index (κ1) is 14.0. The summed E-state index contributed by atoms with van der Waals surface area (Å²) in [5.41, 5.74) is 0. The lowest BCUT2D eigenvalue weighted by Crippen LogP contribution is -2.29. The van der Waals surface area contributed by atoms with E-state index in [1.165, 1.54) is 0 Å². The second-order valence-corrected chi connectivity index (χ2v) is 2.71. The van der Waals surface area contributed by atoms with Crippen molar-refractivity contribution in [3.05, 3.63) is 0 Å². The van der Waals surface area contributed by atoms with Crippen molar-refractivity contribution in [2.24, 2.45) is 0 Å². The maximum Gasteiger partial charge on any atom is 0.415 e. The van der Waals surface area contributed by atoms with Gasteiger partial charge in [0.15, 0.2) is 6.61 Å². The van der Waals surface area contributed by atoms with Crippen LogP contribution in [0.2, 0.25) is 0 Å². The van der Waals surface area contributed by atoms with E-state index in [1.54, 1.807) is 0 Å². The molecule has 0 heterocycles. The molecule has 0 aliphatic rings. The predicted octanol–water partition coefficient (Wildman–Crippen LogP) is 0.365. The summed E-state index contributed by atoms with van der Waals surface area (Å²) in [6.45, 7) is -0.953. The zero-order valence-corrected chi connectivity index (χ0v) is 8.08. The molecule has 0 fully saturated rings. The van der Waals surface area contributed by atoms with Gasteiger partial charge in [0.2, 0.25) is 0 Å². The van der Waals surface area contributed by atoms with Crippen LogP contribution in [0.1, 0.15) is 0 Å². The maximum atomic E-state index is 12.6. The van der Waals surface area contributed by atoms with Crippen molar-refractivity contribution in [1.29, 1.82) is 0 Å². The second kappa shape index (κ2) is 6.50. The standard InChI is InChI=1S/C5H6F2O7S/c1-11-3(8)2-12-4(9)5(6,7)15-14-13-10/h10H,2H2,1H3. The van der Waals surface area contributed by atoms with E-state index in [1.807, 2.05) is 0 Å². The molecule has 0 bridgehead atoms. The SMILES string of the molecule is COC(=O)COC(=O)C(F)(F)SOOO. The van der Waals surface area contributed by atoms with Crippen molar-refractivity contribution in [1.82, 2.24) is 0 Å². The lowest BCUT2D eigenvalue weighted by molar-refractivity contribution is -0.433. The van der Waals surface area contributed by atoms with Gasteiger partial charge >= 0.3 is 17.2 Å². The van der Waals surface area contributed by atoms with Gasteiger partial charge in [-0.1, -0.05) is 5.04 Å². The third-order valence-electron chi connectivity index (χ3n) is 0.956. The molecule has 0 aliphatic heterocycles. The predicted molar refractivity (Wildman–Crippen MR) is 40.3 cm³/mol. The largest absolute Gasteiger partial charge is 0.466 e. The molecule has 0 aromatic rings. The topological polar surface area (TPSA) is 91.3 Å². The molecule has 0 spiro atoms. The monoisotopic (exact) mass is 248 g/mol.